The molecule has 0 unspecified atom stereocenters. The molecule has 7 heteroatoms. The lowest BCUT2D eigenvalue weighted by Gasteiger charge is -2.11. The smallest absolute Gasteiger partial charge is 0.381 e. The van der Waals surface area contributed by atoms with Crippen molar-refractivity contribution in [2.24, 2.45) is 5.92 Å². The van der Waals surface area contributed by atoms with E-state index in [-0.39, 0.29) is 0 Å². The molecular weight excluding hydrogens is 319 g/mol. The molecule has 0 radical (unpaired) electrons. The second-order valence-electron chi connectivity index (χ2n) is 6.55. The van der Waals surface area contributed by atoms with Crippen molar-refractivity contribution in [2.75, 3.05) is 13.2 Å². The number of nitrogens with zero attached hydrogens (tertiary/aromatic N) is 3. The first kappa shape index (κ1) is 15.6. The highest BCUT2D eigenvalue weighted by molar-refractivity contribution is 5.37. The molecule has 2 aliphatic rings. The van der Waals surface area contributed by atoms with Crippen LogP contribution >= 0.6 is 0 Å². The quantitative estimate of drug-likeness (QED) is 0.853. The SMILES string of the molecule is FC(F)(F)c1cccc(-n2nc(C3CC3)nc2C[C@@H]2CCOC2)c1. The Balaban J connectivity index is 1.70. The third-order valence-corrected chi connectivity index (χ3v) is 4.55. The summed E-state index contributed by atoms with van der Waals surface area (Å²) in [5, 5.41) is 4.51. The molecule has 0 amide bonds. The van der Waals surface area contributed by atoms with Gasteiger partial charge in [-0.05, 0) is 43.4 Å². The lowest BCUT2D eigenvalue weighted by Crippen LogP contribution is -2.12. The van der Waals surface area contributed by atoms with Crippen LogP contribution in [0.1, 0.15) is 42.4 Å². The van der Waals surface area contributed by atoms with Gasteiger partial charge in [-0.3, -0.25) is 0 Å². The Hall–Kier alpha value is -1.89. The van der Waals surface area contributed by atoms with Gasteiger partial charge in [0.15, 0.2) is 5.82 Å². The molecule has 2 aromatic rings. The van der Waals surface area contributed by atoms with Gasteiger partial charge in [0.25, 0.3) is 0 Å². The Morgan fingerprint density at radius 3 is 2.71 bits per heavy atom. The maximum atomic E-state index is 13.0. The second kappa shape index (κ2) is 5.88. The first-order valence-electron chi connectivity index (χ1n) is 8.22. The molecule has 0 bridgehead atoms. The Morgan fingerprint density at radius 2 is 2.04 bits per heavy atom. The summed E-state index contributed by atoms with van der Waals surface area (Å²) in [5.74, 6) is 2.19. The van der Waals surface area contributed by atoms with E-state index in [1.807, 2.05) is 0 Å². The van der Waals surface area contributed by atoms with Gasteiger partial charge < -0.3 is 4.74 Å². The first-order valence-corrected chi connectivity index (χ1v) is 8.22. The van der Waals surface area contributed by atoms with Crippen molar-refractivity contribution >= 4 is 0 Å². The van der Waals surface area contributed by atoms with Crippen LogP contribution in [0.3, 0.4) is 0 Å². The van der Waals surface area contributed by atoms with Crippen LogP contribution in [0.2, 0.25) is 0 Å². The lowest BCUT2D eigenvalue weighted by molar-refractivity contribution is -0.137. The number of halogens is 3. The zero-order chi connectivity index (χ0) is 16.7. The minimum atomic E-state index is -4.37. The Bertz CT molecular complexity index is 731. The summed E-state index contributed by atoms with van der Waals surface area (Å²) in [4.78, 5) is 4.62. The third-order valence-electron chi connectivity index (χ3n) is 4.55. The summed E-state index contributed by atoms with van der Waals surface area (Å²) in [6, 6.07) is 5.28. The molecule has 1 aromatic heterocycles. The Kier molecular flexibility index (Phi) is 3.83. The molecule has 2 fully saturated rings. The van der Waals surface area contributed by atoms with Gasteiger partial charge in [-0.2, -0.15) is 18.3 Å². The normalized spacial score (nSPS) is 21.4. The molecule has 128 valence electrons. The van der Waals surface area contributed by atoms with Gasteiger partial charge in [0.2, 0.25) is 0 Å². The fourth-order valence-corrected chi connectivity index (χ4v) is 3.03. The molecule has 1 aromatic carbocycles. The van der Waals surface area contributed by atoms with Crippen LogP contribution in [0.25, 0.3) is 5.69 Å². The first-order chi connectivity index (χ1) is 11.5. The fourth-order valence-electron chi connectivity index (χ4n) is 3.03. The van der Waals surface area contributed by atoms with E-state index in [9.17, 15) is 13.2 Å². The van der Waals surface area contributed by atoms with Crippen LogP contribution in [0.4, 0.5) is 13.2 Å². The van der Waals surface area contributed by atoms with Crippen molar-refractivity contribution in [3.05, 3.63) is 41.5 Å². The monoisotopic (exact) mass is 337 g/mol. The van der Waals surface area contributed by atoms with Crippen LogP contribution in [-0.2, 0) is 17.3 Å². The molecule has 1 saturated carbocycles. The summed E-state index contributed by atoms with van der Waals surface area (Å²) in [7, 11) is 0. The van der Waals surface area contributed by atoms with Crippen LogP contribution in [0.5, 0.6) is 0 Å². The van der Waals surface area contributed by atoms with E-state index in [2.05, 4.69) is 10.1 Å². The highest BCUT2D eigenvalue weighted by Crippen LogP contribution is 2.39. The third kappa shape index (κ3) is 3.17. The summed E-state index contributed by atoms with van der Waals surface area (Å²) in [5.41, 5.74) is -0.253. The molecule has 1 saturated heterocycles. The molecule has 24 heavy (non-hydrogen) atoms. The van der Waals surface area contributed by atoms with Crippen molar-refractivity contribution in [2.45, 2.75) is 37.8 Å². The molecule has 0 spiro atoms. The van der Waals surface area contributed by atoms with E-state index >= 15 is 0 Å². The van der Waals surface area contributed by atoms with Crippen LogP contribution in [0, 0.1) is 5.92 Å². The summed E-state index contributed by atoms with van der Waals surface area (Å²) >= 11 is 0. The largest absolute Gasteiger partial charge is 0.416 e. The zero-order valence-electron chi connectivity index (χ0n) is 13.1. The average molecular weight is 337 g/mol. The second-order valence-corrected chi connectivity index (χ2v) is 6.55. The predicted molar refractivity (Wildman–Crippen MR) is 81.0 cm³/mol. The minimum absolute atomic E-state index is 0.353. The number of benzene rings is 1. The molecular formula is C17H18F3N3O. The van der Waals surface area contributed by atoms with Gasteiger partial charge in [0, 0.05) is 25.6 Å². The Labute approximate surface area is 137 Å². The van der Waals surface area contributed by atoms with Gasteiger partial charge in [0.05, 0.1) is 11.3 Å². The highest BCUT2D eigenvalue weighted by atomic mass is 19.4. The van der Waals surface area contributed by atoms with E-state index in [1.165, 1.54) is 6.07 Å². The molecule has 4 nitrogen and oxygen atoms in total. The van der Waals surface area contributed by atoms with Crippen molar-refractivity contribution < 1.29 is 17.9 Å². The minimum Gasteiger partial charge on any atom is -0.381 e. The van der Waals surface area contributed by atoms with E-state index in [1.54, 1.807) is 10.7 Å². The number of ether oxygens (including phenoxy) is 1. The maximum absolute atomic E-state index is 13.0. The van der Waals surface area contributed by atoms with Gasteiger partial charge in [-0.1, -0.05) is 6.07 Å². The highest BCUT2D eigenvalue weighted by Gasteiger charge is 2.32. The number of rotatable bonds is 4. The molecule has 1 aliphatic heterocycles. The van der Waals surface area contributed by atoms with Gasteiger partial charge in [-0.25, -0.2) is 9.67 Å². The van der Waals surface area contributed by atoms with Gasteiger partial charge in [0.1, 0.15) is 5.82 Å². The lowest BCUT2D eigenvalue weighted by atomic mass is 10.0. The van der Waals surface area contributed by atoms with Gasteiger partial charge in [-0.15, -0.1) is 0 Å². The predicted octanol–water partition coefficient (Wildman–Crippen LogP) is 3.74. The van der Waals surface area contributed by atoms with Crippen molar-refractivity contribution in [1.29, 1.82) is 0 Å². The maximum Gasteiger partial charge on any atom is 0.416 e. The molecule has 4 rings (SSSR count). The van der Waals surface area contributed by atoms with Crippen molar-refractivity contribution in [3.63, 3.8) is 0 Å². The Morgan fingerprint density at radius 1 is 1.21 bits per heavy atom. The summed E-state index contributed by atoms with van der Waals surface area (Å²) in [6.45, 7) is 1.41. The standard InChI is InChI=1S/C17H18F3N3O/c18-17(19,20)13-2-1-3-14(9-13)23-15(8-11-6-7-24-10-11)21-16(22-23)12-4-5-12/h1-3,9,11-12H,4-8,10H2/t11-/m0/s1. The molecule has 1 aliphatic carbocycles. The van der Waals surface area contributed by atoms with E-state index in [4.69, 9.17) is 4.74 Å². The van der Waals surface area contributed by atoms with E-state index in [0.29, 0.717) is 30.6 Å². The number of aromatic nitrogens is 3. The summed E-state index contributed by atoms with van der Waals surface area (Å²) in [6.07, 6.45) is -0.628. The fraction of sp³-hybridized carbons (Fsp3) is 0.529. The van der Waals surface area contributed by atoms with E-state index < -0.39 is 11.7 Å². The van der Waals surface area contributed by atoms with Crippen LogP contribution in [-0.4, -0.2) is 28.0 Å². The van der Waals surface area contributed by atoms with Crippen LogP contribution < -0.4 is 0 Å². The number of hydrogen-bond donors (Lipinski definition) is 0. The number of hydrogen-bond acceptors (Lipinski definition) is 3. The number of alkyl halides is 3. The van der Waals surface area contributed by atoms with E-state index in [0.717, 1.165) is 49.7 Å². The van der Waals surface area contributed by atoms with Crippen molar-refractivity contribution in [1.82, 2.24) is 14.8 Å². The van der Waals surface area contributed by atoms with Crippen LogP contribution in [0.15, 0.2) is 24.3 Å². The topological polar surface area (TPSA) is 39.9 Å². The summed E-state index contributed by atoms with van der Waals surface area (Å²) < 4.78 is 46.0. The zero-order valence-corrected chi connectivity index (χ0v) is 13.1. The molecule has 0 N–H and O–H groups in total. The average Bonchev–Trinajstić information content (AvgIpc) is 3.12. The van der Waals surface area contributed by atoms with Crippen molar-refractivity contribution in [3.8, 4) is 5.69 Å². The van der Waals surface area contributed by atoms with Gasteiger partial charge >= 0.3 is 6.18 Å². The molecule has 2 heterocycles. The molecule has 1 atom stereocenters.